The Balaban J connectivity index is 2.08. The molecule has 1 saturated heterocycles. The molecule has 0 radical (unpaired) electrons. The summed E-state index contributed by atoms with van der Waals surface area (Å²) in [6.07, 6.45) is 1.85. The highest BCUT2D eigenvalue weighted by atomic mass is 79.9. The van der Waals surface area contributed by atoms with Crippen LogP contribution in [0.3, 0.4) is 0 Å². The molecule has 4 nitrogen and oxygen atoms in total. The van der Waals surface area contributed by atoms with Crippen molar-refractivity contribution >= 4 is 26.0 Å². The van der Waals surface area contributed by atoms with Gasteiger partial charge in [-0.05, 0) is 56.6 Å². The van der Waals surface area contributed by atoms with E-state index in [2.05, 4.69) is 39.5 Å². The number of nitrogens with zero attached hydrogens (tertiary/aromatic N) is 1. The van der Waals surface area contributed by atoms with Crippen LogP contribution in [0, 0.1) is 11.2 Å². The molecule has 0 saturated carbocycles. The highest BCUT2D eigenvalue weighted by Gasteiger charge is 2.31. The molecule has 1 aromatic carbocycles. The van der Waals surface area contributed by atoms with Crippen LogP contribution in [0.2, 0.25) is 0 Å². The Bertz CT molecular complexity index is 613. The number of rotatable bonds is 4. The van der Waals surface area contributed by atoms with Crippen LogP contribution in [-0.4, -0.2) is 40.0 Å². The predicted octanol–water partition coefficient (Wildman–Crippen LogP) is 2.60. The highest BCUT2D eigenvalue weighted by molar-refractivity contribution is 9.10. The zero-order chi connectivity index (χ0) is 15.7. The lowest BCUT2D eigenvalue weighted by Crippen LogP contribution is -2.43. The van der Waals surface area contributed by atoms with Gasteiger partial charge in [-0.15, -0.1) is 0 Å². The van der Waals surface area contributed by atoms with Gasteiger partial charge < -0.3 is 4.90 Å². The molecule has 1 aliphatic rings. The van der Waals surface area contributed by atoms with E-state index in [-0.39, 0.29) is 10.3 Å². The van der Waals surface area contributed by atoms with Crippen molar-refractivity contribution in [2.24, 2.45) is 5.41 Å². The second-order valence-corrected chi connectivity index (χ2v) is 8.66. The number of likely N-dealkylation sites (tertiary alicyclic amines) is 1. The van der Waals surface area contributed by atoms with E-state index in [0.717, 1.165) is 32.0 Å². The lowest BCUT2D eigenvalue weighted by atomic mass is 9.81. The fraction of sp³-hybridized carbons (Fsp3) is 0.571. The van der Waals surface area contributed by atoms with Gasteiger partial charge >= 0.3 is 0 Å². The van der Waals surface area contributed by atoms with E-state index in [1.807, 2.05) is 0 Å². The van der Waals surface area contributed by atoms with E-state index >= 15 is 0 Å². The zero-order valence-corrected chi connectivity index (χ0v) is 14.6. The van der Waals surface area contributed by atoms with Gasteiger partial charge in [-0.2, -0.15) is 0 Å². The third kappa shape index (κ3) is 4.25. The zero-order valence-electron chi connectivity index (χ0n) is 12.2. The molecule has 1 fully saturated rings. The molecule has 2 rings (SSSR count). The van der Waals surface area contributed by atoms with Crippen molar-refractivity contribution in [3.05, 3.63) is 28.5 Å². The summed E-state index contributed by atoms with van der Waals surface area (Å²) in [6.45, 7) is 4.30. The van der Waals surface area contributed by atoms with Crippen LogP contribution in [0.15, 0.2) is 27.6 Å². The average Bonchev–Trinajstić information content (AvgIpc) is 2.40. The molecule has 7 heteroatoms. The number of sulfonamides is 1. The summed E-state index contributed by atoms with van der Waals surface area (Å²) in [5.74, 6) is -0.745. The molecular formula is C14H20BrFN2O2S. The molecule has 0 atom stereocenters. The van der Waals surface area contributed by atoms with Gasteiger partial charge in [0.25, 0.3) is 0 Å². The van der Waals surface area contributed by atoms with Gasteiger partial charge in [-0.25, -0.2) is 17.5 Å². The Hall–Kier alpha value is -0.500. The van der Waals surface area contributed by atoms with E-state index in [1.165, 1.54) is 12.1 Å². The summed E-state index contributed by atoms with van der Waals surface area (Å²) >= 11 is 3.12. The van der Waals surface area contributed by atoms with Crippen molar-refractivity contribution in [1.82, 2.24) is 9.62 Å². The quantitative estimate of drug-likeness (QED) is 0.875. The molecule has 1 N–H and O–H groups in total. The molecule has 1 heterocycles. The number of halogens is 2. The van der Waals surface area contributed by atoms with Gasteiger partial charge in [0, 0.05) is 11.0 Å². The summed E-state index contributed by atoms with van der Waals surface area (Å²) in [5, 5.41) is 0. The number of hydrogen-bond acceptors (Lipinski definition) is 3. The van der Waals surface area contributed by atoms with E-state index in [1.54, 1.807) is 0 Å². The standard InChI is InChI=1S/C14H20BrFN2O2S/c1-14(5-7-18(2)8-6-14)10-17-21(19,20)13-4-3-11(15)9-12(13)16/h3-4,9,17H,5-8,10H2,1-2H3. The van der Waals surface area contributed by atoms with Crippen molar-refractivity contribution in [3.63, 3.8) is 0 Å². The minimum atomic E-state index is -3.82. The fourth-order valence-electron chi connectivity index (χ4n) is 2.38. The second kappa shape index (κ2) is 6.32. The Morgan fingerprint density at radius 1 is 1.38 bits per heavy atom. The topological polar surface area (TPSA) is 49.4 Å². The van der Waals surface area contributed by atoms with E-state index in [4.69, 9.17) is 0 Å². The average molecular weight is 379 g/mol. The molecule has 1 aromatic rings. The first kappa shape index (κ1) is 16.9. The van der Waals surface area contributed by atoms with Crippen LogP contribution in [0.4, 0.5) is 4.39 Å². The lowest BCUT2D eigenvalue weighted by Gasteiger charge is -2.37. The monoisotopic (exact) mass is 378 g/mol. The molecule has 21 heavy (non-hydrogen) atoms. The smallest absolute Gasteiger partial charge is 0.243 e. The Morgan fingerprint density at radius 3 is 2.57 bits per heavy atom. The first-order chi connectivity index (χ1) is 9.72. The maximum Gasteiger partial charge on any atom is 0.243 e. The molecule has 0 aromatic heterocycles. The molecule has 0 bridgehead atoms. The second-order valence-electron chi connectivity index (χ2n) is 6.01. The lowest BCUT2D eigenvalue weighted by molar-refractivity contribution is 0.143. The molecule has 0 aliphatic carbocycles. The van der Waals surface area contributed by atoms with Crippen LogP contribution in [0.5, 0.6) is 0 Å². The van der Waals surface area contributed by atoms with Gasteiger partial charge in [0.15, 0.2) is 0 Å². The normalized spacial score (nSPS) is 19.6. The largest absolute Gasteiger partial charge is 0.306 e. The molecule has 0 spiro atoms. The van der Waals surface area contributed by atoms with Crippen molar-refractivity contribution in [3.8, 4) is 0 Å². The van der Waals surface area contributed by atoms with E-state index < -0.39 is 15.8 Å². The minimum Gasteiger partial charge on any atom is -0.306 e. The van der Waals surface area contributed by atoms with Crippen LogP contribution in [0.1, 0.15) is 19.8 Å². The third-order valence-corrected chi connectivity index (χ3v) is 5.99. The van der Waals surface area contributed by atoms with E-state index in [0.29, 0.717) is 11.0 Å². The van der Waals surface area contributed by atoms with Gasteiger partial charge in [-0.3, -0.25) is 0 Å². The summed E-state index contributed by atoms with van der Waals surface area (Å²) in [4.78, 5) is 1.92. The first-order valence-corrected chi connectivity index (χ1v) is 9.13. The SMILES string of the molecule is CN1CCC(C)(CNS(=O)(=O)c2ccc(Br)cc2F)CC1. The highest BCUT2D eigenvalue weighted by Crippen LogP contribution is 2.30. The Morgan fingerprint density at radius 2 is 2.00 bits per heavy atom. The molecule has 1 aliphatic heterocycles. The van der Waals surface area contributed by atoms with Crippen molar-refractivity contribution in [2.45, 2.75) is 24.7 Å². The summed E-state index contributed by atoms with van der Waals surface area (Å²) < 4.78 is 41.3. The fourth-order valence-corrected chi connectivity index (χ4v) is 3.97. The van der Waals surface area contributed by atoms with Crippen molar-refractivity contribution < 1.29 is 12.8 Å². The number of benzene rings is 1. The van der Waals surface area contributed by atoms with Gasteiger partial charge in [0.05, 0.1) is 0 Å². The Kier molecular flexibility index (Phi) is 5.07. The van der Waals surface area contributed by atoms with Gasteiger partial charge in [0.2, 0.25) is 10.0 Å². The molecule has 118 valence electrons. The van der Waals surface area contributed by atoms with Crippen LogP contribution in [0.25, 0.3) is 0 Å². The number of piperidine rings is 1. The maximum absolute atomic E-state index is 13.8. The summed E-state index contributed by atoms with van der Waals surface area (Å²) in [6, 6.07) is 3.96. The van der Waals surface area contributed by atoms with Gasteiger partial charge in [0.1, 0.15) is 10.7 Å². The van der Waals surface area contributed by atoms with Crippen molar-refractivity contribution in [2.75, 3.05) is 26.7 Å². The Labute approximate surface area is 133 Å². The minimum absolute atomic E-state index is 0.0780. The van der Waals surface area contributed by atoms with Crippen LogP contribution < -0.4 is 4.72 Å². The third-order valence-electron chi connectivity index (χ3n) is 4.07. The van der Waals surface area contributed by atoms with Crippen molar-refractivity contribution in [1.29, 1.82) is 0 Å². The number of nitrogens with one attached hydrogen (secondary N) is 1. The molecule has 0 unspecified atom stereocenters. The molecular weight excluding hydrogens is 359 g/mol. The maximum atomic E-state index is 13.8. The van der Waals surface area contributed by atoms with Crippen LogP contribution in [-0.2, 0) is 10.0 Å². The summed E-state index contributed by atoms with van der Waals surface area (Å²) in [5.41, 5.74) is -0.0780. The van der Waals surface area contributed by atoms with Gasteiger partial charge in [-0.1, -0.05) is 22.9 Å². The molecule has 0 amide bonds. The summed E-state index contributed by atoms with van der Waals surface area (Å²) in [7, 11) is -1.76. The van der Waals surface area contributed by atoms with Crippen LogP contribution >= 0.6 is 15.9 Å². The van der Waals surface area contributed by atoms with E-state index in [9.17, 15) is 12.8 Å². The predicted molar refractivity (Wildman–Crippen MR) is 84.1 cm³/mol. The number of hydrogen-bond donors (Lipinski definition) is 1. The first-order valence-electron chi connectivity index (χ1n) is 6.85.